The highest BCUT2D eigenvalue weighted by atomic mass is 79.9. The van der Waals surface area contributed by atoms with Crippen molar-refractivity contribution < 1.29 is 0 Å². The first kappa shape index (κ1) is 14.3. The summed E-state index contributed by atoms with van der Waals surface area (Å²) in [6, 6.07) is 8.84. The van der Waals surface area contributed by atoms with E-state index in [1.165, 1.54) is 20.9 Å². The monoisotopic (exact) mass is 387 g/mol. The Balaban J connectivity index is 2.48. The molecule has 1 N–H and O–H groups in total. The van der Waals surface area contributed by atoms with Crippen LogP contribution in [0.1, 0.15) is 26.9 Å². The number of aryl methyl sites for hydroxylation is 2. The van der Waals surface area contributed by atoms with E-state index in [-0.39, 0.29) is 6.04 Å². The molecule has 18 heavy (non-hydrogen) atoms. The lowest BCUT2D eigenvalue weighted by Gasteiger charge is -2.18. The smallest absolute Gasteiger partial charge is 0.0596 e. The van der Waals surface area contributed by atoms with Gasteiger partial charge in [-0.15, -0.1) is 11.3 Å². The maximum atomic E-state index is 3.65. The average molecular weight is 389 g/mol. The summed E-state index contributed by atoms with van der Waals surface area (Å²) in [6.45, 7) is 4.34. The molecular weight excluding hydrogens is 374 g/mol. The fourth-order valence-corrected chi connectivity index (χ4v) is 4.39. The zero-order valence-electron chi connectivity index (χ0n) is 10.6. The number of rotatable bonds is 3. The van der Waals surface area contributed by atoms with E-state index in [0.29, 0.717) is 0 Å². The van der Waals surface area contributed by atoms with Gasteiger partial charge in [-0.3, -0.25) is 0 Å². The van der Waals surface area contributed by atoms with Crippen LogP contribution in [0.5, 0.6) is 0 Å². The highest BCUT2D eigenvalue weighted by molar-refractivity contribution is 9.11. The maximum absolute atomic E-state index is 3.65. The zero-order chi connectivity index (χ0) is 13.3. The van der Waals surface area contributed by atoms with Gasteiger partial charge in [0.1, 0.15) is 0 Å². The Bertz CT molecular complexity index is 563. The van der Waals surface area contributed by atoms with Crippen LogP contribution in [0.2, 0.25) is 0 Å². The van der Waals surface area contributed by atoms with Crippen LogP contribution in [0.15, 0.2) is 33.2 Å². The molecule has 1 atom stereocenters. The van der Waals surface area contributed by atoms with Crippen LogP contribution in [0, 0.1) is 13.8 Å². The normalized spacial score (nSPS) is 12.7. The highest BCUT2D eigenvalue weighted by Crippen LogP contribution is 2.34. The molecule has 0 aliphatic heterocycles. The summed E-state index contributed by atoms with van der Waals surface area (Å²) >= 11 is 9.00. The maximum Gasteiger partial charge on any atom is 0.0596 e. The van der Waals surface area contributed by atoms with Crippen LogP contribution in [0.25, 0.3) is 0 Å². The molecule has 0 radical (unpaired) electrons. The molecule has 0 amide bonds. The predicted octanol–water partition coefficient (Wildman–Crippen LogP) is 5.20. The largest absolute Gasteiger partial charge is 0.309 e. The number of thiophene rings is 1. The Morgan fingerprint density at radius 3 is 2.33 bits per heavy atom. The van der Waals surface area contributed by atoms with Gasteiger partial charge in [0.05, 0.1) is 6.04 Å². The molecule has 1 unspecified atom stereocenters. The predicted molar refractivity (Wildman–Crippen MR) is 86.5 cm³/mol. The number of nitrogens with one attached hydrogen (secondary N) is 1. The molecule has 0 saturated carbocycles. The third kappa shape index (κ3) is 2.87. The quantitative estimate of drug-likeness (QED) is 0.761. The van der Waals surface area contributed by atoms with Gasteiger partial charge in [-0.2, -0.15) is 0 Å². The first-order valence-electron chi connectivity index (χ1n) is 5.72. The molecular formula is C14H15Br2NS. The molecule has 96 valence electrons. The molecule has 2 rings (SSSR count). The summed E-state index contributed by atoms with van der Waals surface area (Å²) in [6.07, 6.45) is 0. The minimum Gasteiger partial charge on any atom is -0.309 e. The summed E-state index contributed by atoms with van der Waals surface area (Å²) in [5.74, 6) is 0. The fourth-order valence-electron chi connectivity index (χ4n) is 2.15. The van der Waals surface area contributed by atoms with Crippen LogP contribution in [-0.2, 0) is 0 Å². The molecule has 1 heterocycles. The molecule has 2 aromatic rings. The lowest BCUT2D eigenvalue weighted by Crippen LogP contribution is -2.18. The SMILES string of the molecule is CNC(c1ccc(Br)cc1Br)c1cc(C)sc1C. The third-order valence-electron chi connectivity index (χ3n) is 2.95. The van der Waals surface area contributed by atoms with Crippen molar-refractivity contribution in [3.63, 3.8) is 0 Å². The second-order valence-corrected chi connectivity index (χ2v) is 7.49. The Morgan fingerprint density at radius 2 is 1.83 bits per heavy atom. The molecule has 0 saturated heterocycles. The van der Waals surface area contributed by atoms with E-state index >= 15 is 0 Å². The number of halogens is 2. The van der Waals surface area contributed by atoms with Crippen molar-refractivity contribution in [2.75, 3.05) is 7.05 Å². The fraction of sp³-hybridized carbons (Fsp3) is 0.286. The molecule has 1 aromatic carbocycles. The van der Waals surface area contributed by atoms with E-state index in [1.807, 2.05) is 18.4 Å². The van der Waals surface area contributed by atoms with Crippen molar-refractivity contribution in [1.29, 1.82) is 0 Å². The molecule has 4 heteroatoms. The van der Waals surface area contributed by atoms with Crippen molar-refractivity contribution in [1.82, 2.24) is 5.32 Å². The Hall–Kier alpha value is -0.160. The Labute approximate surface area is 129 Å². The molecule has 0 aliphatic carbocycles. The minimum absolute atomic E-state index is 0.234. The van der Waals surface area contributed by atoms with Gasteiger partial charge in [0.2, 0.25) is 0 Å². The lowest BCUT2D eigenvalue weighted by molar-refractivity contribution is 0.687. The molecule has 0 aliphatic rings. The standard InChI is InChI=1S/C14H15Br2NS/c1-8-6-12(9(2)18-8)14(17-3)11-5-4-10(15)7-13(11)16/h4-7,14,17H,1-3H3. The van der Waals surface area contributed by atoms with Gasteiger partial charge >= 0.3 is 0 Å². The Morgan fingerprint density at radius 1 is 1.11 bits per heavy atom. The first-order chi connectivity index (χ1) is 8.52. The summed E-state index contributed by atoms with van der Waals surface area (Å²) in [4.78, 5) is 2.73. The van der Waals surface area contributed by atoms with Crippen molar-refractivity contribution in [2.45, 2.75) is 19.9 Å². The van der Waals surface area contributed by atoms with Crippen LogP contribution in [-0.4, -0.2) is 7.05 Å². The van der Waals surface area contributed by atoms with Crippen LogP contribution >= 0.6 is 43.2 Å². The topological polar surface area (TPSA) is 12.0 Å². The highest BCUT2D eigenvalue weighted by Gasteiger charge is 2.18. The zero-order valence-corrected chi connectivity index (χ0v) is 14.5. The van der Waals surface area contributed by atoms with Crippen LogP contribution < -0.4 is 5.32 Å². The van der Waals surface area contributed by atoms with Crippen molar-refractivity contribution in [3.8, 4) is 0 Å². The van der Waals surface area contributed by atoms with E-state index < -0.39 is 0 Å². The van der Waals surface area contributed by atoms with E-state index in [0.717, 1.165) is 8.95 Å². The molecule has 0 fully saturated rings. The van der Waals surface area contributed by atoms with Gasteiger partial charge in [0.25, 0.3) is 0 Å². The van der Waals surface area contributed by atoms with E-state index in [9.17, 15) is 0 Å². The summed E-state index contributed by atoms with van der Waals surface area (Å²) in [5.41, 5.74) is 2.63. The Kier molecular flexibility index (Phi) is 4.64. The van der Waals surface area contributed by atoms with E-state index in [2.05, 4.69) is 75.3 Å². The molecule has 0 spiro atoms. The van der Waals surface area contributed by atoms with Crippen molar-refractivity contribution >= 4 is 43.2 Å². The van der Waals surface area contributed by atoms with Gasteiger partial charge in [-0.25, -0.2) is 0 Å². The lowest BCUT2D eigenvalue weighted by atomic mass is 9.99. The third-order valence-corrected chi connectivity index (χ3v) is 5.11. The van der Waals surface area contributed by atoms with Gasteiger partial charge in [0, 0.05) is 18.7 Å². The number of hydrogen-bond acceptors (Lipinski definition) is 2. The van der Waals surface area contributed by atoms with Gasteiger partial charge < -0.3 is 5.32 Å². The van der Waals surface area contributed by atoms with E-state index in [1.54, 1.807) is 0 Å². The molecule has 1 nitrogen and oxygen atoms in total. The molecule has 0 bridgehead atoms. The van der Waals surface area contributed by atoms with Gasteiger partial charge in [-0.1, -0.05) is 37.9 Å². The van der Waals surface area contributed by atoms with Crippen LogP contribution in [0.4, 0.5) is 0 Å². The summed E-state index contributed by atoms with van der Waals surface area (Å²) in [5, 5.41) is 3.41. The summed E-state index contributed by atoms with van der Waals surface area (Å²) in [7, 11) is 2.01. The van der Waals surface area contributed by atoms with Gasteiger partial charge in [-0.05, 0) is 50.2 Å². The first-order valence-corrected chi connectivity index (χ1v) is 8.12. The van der Waals surface area contributed by atoms with Crippen molar-refractivity contribution in [3.05, 3.63) is 54.1 Å². The van der Waals surface area contributed by atoms with Gasteiger partial charge in [0.15, 0.2) is 0 Å². The molecule has 1 aromatic heterocycles. The van der Waals surface area contributed by atoms with Crippen molar-refractivity contribution in [2.24, 2.45) is 0 Å². The second-order valence-electron chi connectivity index (χ2n) is 4.26. The minimum atomic E-state index is 0.234. The number of benzene rings is 1. The average Bonchev–Trinajstić information content (AvgIpc) is 2.62. The number of hydrogen-bond donors (Lipinski definition) is 1. The second kappa shape index (κ2) is 5.87. The van der Waals surface area contributed by atoms with E-state index in [4.69, 9.17) is 0 Å². The van der Waals surface area contributed by atoms with Crippen LogP contribution in [0.3, 0.4) is 0 Å². The summed E-state index contributed by atoms with van der Waals surface area (Å²) < 4.78 is 2.21.